The Morgan fingerprint density at radius 1 is 1.00 bits per heavy atom. The summed E-state index contributed by atoms with van der Waals surface area (Å²) in [5.41, 5.74) is 3.00. The SMILES string of the molecule is CC(C)(C)[C@H](NC(=O)C(F)(F)CNC(=O)OCC1c2ccccc2-c2ccccc21)C(=O)O. The number of alkyl carbamates (subject to hydrolysis) is 1. The molecule has 0 radical (unpaired) electrons. The molecule has 0 heterocycles. The van der Waals surface area contributed by atoms with E-state index in [9.17, 15) is 28.3 Å². The Morgan fingerprint density at radius 3 is 2.00 bits per heavy atom. The zero-order chi connectivity index (χ0) is 24.4. The minimum Gasteiger partial charge on any atom is -0.480 e. The fourth-order valence-corrected chi connectivity index (χ4v) is 3.80. The fraction of sp³-hybridized carbons (Fsp3) is 0.375. The third-order valence-corrected chi connectivity index (χ3v) is 5.52. The first-order valence-electron chi connectivity index (χ1n) is 10.4. The second kappa shape index (κ2) is 9.17. The van der Waals surface area contributed by atoms with Gasteiger partial charge in [-0.2, -0.15) is 8.78 Å². The Hall–Kier alpha value is -3.49. The van der Waals surface area contributed by atoms with E-state index in [0.29, 0.717) is 0 Å². The maximum atomic E-state index is 14.2. The van der Waals surface area contributed by atoms with Gasteiger partial charge in [0, 0.05) is 5.92 Å². The molecule has 0 bridgehead atoms. The summed E-state index contributed by atoms with van der Waals surface area (Å²) >= 11 is 0. The second-order valence-corrected chi connectivity index (χ2v) is 8.99. The van der Waals surface area contributed by atoms with Crippen LogP contribution in [0.5, 0.6) is 0 Å². The Bertz CT molecular complexity index is 1020. The molecule has 1 atom stereocenters. The van der Waals surface area contributed by atoms with E-state index < -0.39 is 41.9 Å². The highest BCUT2D eigenvalue weighted by atomic mass is 19.3. The van der Waals surface area contributed by atoms with E-state index in [4.69, 9.17) is 4.74 Å². The molecule has 0 aliphatic heterocycles. The van der Waals surface area contributed by atoms with Gasteiger partial charge in [-0.15, -0.1) is 0 Å². The monoisotopic (exact) mass is 460 g/mol. The van der Waals surface area contributed by atoms with Gasteiger partial charge in [-0.05, 0) is 27.7 Å². The number of halogens is 2. The molecule has 2 amide bonds. The predicted octanol–water partition coefficient (Wildman–Crippen LogP) is 3.78. The molecule has 0 saturated carbocycles. The maximum Gasteiger partial charge on any atom is 0.407 e. The number of carbonyl (C=O) groups excluding carboxylic acids is 2. The van der Waals surface area contributed by atoms with Crippen molar-refractivity contribution in [2.24, 2.45) is 5.41 Å². The zero-order valence-corrected chi connectivity index (χ0v) is 18.5. The minimum atomic E-state index is -4.02. The molecular formula is C24H26F2N2O5. The molecule has 7 nitrogen and oxygen atoms in total. The Morgan fingerprint density at radius 2 is 1.52 bits per heavy atom. The molecule has 0 aromatic heterocycles. The molecule has 33 heavy (non-hydrogen) atoms. The van der Waals surface area contributed by atoms with Crippen molar-refractivity contribution in [1.82, 2.24) is 10.6 Å². The Balaban J connectivity index is 1.58. The number of fused-ring (bicyclic) bond motifs is 3. The second-order valence-electron chi connectivity index (χ2n) is 8.99. The van der Waals surface area contributed by atoms with Crippen LogP contribution in [0.3, 0.4) is 0 Å². The van der Waals surface area contributed by atoms with Crippen molar-refractivity contribution in [3.8, 4) is 11.1 Å². The molecule has 2 aromatic rings. The number of hydrogen-bond acceptors (Lipinski definition) is 4. The van der Waals surface area contributed by atoms with Crippen molar-refractivity contribution < 1.29 is 33.0 Å². The van der Waals surface area contributed by atoms with Crippen molar-refractivity contribution in [3.05, 3.63) is 59.7 Å². The largest absolute Gasteiger partial charge is 0.480 e. The van der Waals surface area contributed by atoms with Crippen LogP contribution < -0.4 is 10.6 Å². The van der Waals surface area contributed by atoms with Crippen LogP contribution in [-0.4, -0.2) is 48.2 Å². The van der Waals surface area contributed by atoms with Gasteiger partial charge in [-0.3, -0.25) is 4.79 Å². The number of carboxylic acid groups (broad SMARTS) is 1. The van der Waals surface area contributed by atoms with Crippen LogP contribution in [0, 0.1) is 5.41 Å². The van der Waals surface area contributed by atoms with E-state index in [-0.39, 0.29) is 12.5 Å². The van der Waals surface area contributed by atoms with Gasteiger partial charge in [0.05, 0.1) is 6.54 Å². The first-order valence-corrected chi connectivity index (χ1v) is 10.4. The third kappa shape index (κ3) is 5.30. The highest BCUT2D eigenvalue weighted by Crippen LogP contribution is 2.44. The summed E-state index contributed by atoms with van der Waals surface area (Å²) in [6.07, 6.45) is -1.10. The number of ether oxygens (including phenoxy) is 1. The van der Waals surface area contributed by atoms with Crippen LogP contribution in [0.15, 0.2) is 48.5 Å². The number of aliphatic carboxylic acids is 1. The maximum absolute atomic E-state index is 14.2. The van der Waals surface area contributed by atoms with Gasteiger partial charge in [-0.25, -0.2) is 9.59 Å². The molecule has 0 unspecified atom stereocenters. The minimum absolute atomic E-state index is 0.0667. The number of rotatable bonds is 7. The molecule has 0 saturated heterocycles. The first-order chi connectivity index (χ1) is 15.4. The standard InChI is InChI=1S/C24H26F2N2O5/c1-23(2,3)19(20(29)30)28-21(31)24(25,26)13-27-22(32)33-12-18-16-10-6-4-8-14(16)15-9-5-7-11-17(15)18/h4-11,18-19H,12-13H2,1-3H3,(H,27,32)(H,28,31)(H,29,30)/t19-/m1/s1. The normalized spacial score (nSPS) is 14.1. The van der Waals surface area contributed by atoms with Crippen molar-refractivity contribution >= 4 is 18.0 Å². The van der Waals surface area contributed by atoms with Crippen LogP contribution >= 0.6 is 0 Å². The van der Waals surface area contributed by atoms with Crippen LogP contribution in [0.4, 0.5) is 13.6 Å². The van der Waals surface area contributed by atoms with Crippen molar-refractivity contribution in [2.75, 3.05) is 13.2 Å². The molecule has 3 rings (SSSR count). The number of alkyl halides is 2. The molecule has 0 fully saturated rings. The van der Waals surface area contributed by atoms with E-state index in [1.165, 1.54) is 20.8 Å². The summed E-state index contributed by atoms with van der Waals surface area (Å²) in [7, 11) is 0. The first kappa shape index (κ1) is 24.2. The number of amides is 2. The lowest BCUT2D eigenvalue weighted by atomic mass is 9.86. The lowest BCUT2D eigenvalue weighted by Gasteiger charge is -2.29. The number of benzene rings is 2. The average Bonchev–Trinajstić information content (AvgIpc) is 3.07. The average molecular weight is 460 g/mol. The van der Waals surface area contributed by atoms with Gasteiger partial charge in [0.1, 0.15) is 12.6 Å². The third-order valence-electron chi connectivity index (χ3n) is 5.52. The summed E-state index contributed by atoms with van der Waals surface area (Å²) in [5.74, 6) is -7.49. The van der Waals surface area contributed by atoms with Crippen LogP contribution in [0.1, 0.15) is 37.8 Å². The molecule has 0 spiro atoms. The highest BCUT2D eigenvalue weighted by Gasteiger charge is 2.43. The molecular weight excluding hydrogens is 434 g/mol. The summed E-state index contributed by atoms with van der Waals surface area (Å²) in [6.45, 7) is 3.10. The van der Waals surface area contributed by atoms with E-state index in [0.717, 1.165) is 22.3 Å². The van der Waals surface area contributed by atoms with Gasteiger partial charge in [-0.1, -0.05) is 69.3 Å². The Kier molecular flexibility index (Phi) is 6.71. The van der Waals surface area contributed by atoms with Crippen molar-refractivity contribution in [1.29, 1.82) is 0 Å². The molecule has 176 valence electrons. The number of carbonyl (C=O) groups is 3. The molecule has 3 N–H and O–H groups in total. The number of carboxylic acids is 1. The van der Waals surface area contributed by atoms with Gasteiger partial charge in [0.2, 0.25) is 0 Å². The summed E-state index contributed by atoms with van der Waals surface area (Å²) in [4.78, 5) is 35.4. The molecule has 2 aromatic carbocycles. The van der Waals surface area contributed by atoms with E-state index in [2.05, 4.69) is 0 Å². The van der Waals surface area contributed by atoms with Crippen LogP contribution in [-0.2, 0) is 14.3 Å². The summed E-state index contributed by atoms with van der Waals surface area (Å²) in [6, 6.07) is 13.8. The van der Waals surface area contributed by atoms with Gasteiger partial charge < -0.3 is 20.5 Å². The fourth-order valence-electron chi connectivity index (χ4n) is 3.80. The van der Waals surface area contributed by atoms with Crippen LogP contribution in [0.25, 0.3) is 11.1 Å². The van der Waals surface area contributed by atoms with Crippen molar-refractivity contribution in [3.63, 3.8) is 0 Å². The zero-order valence-electron chi connectivity index (χ0n) is 18.5. The van der Waals surface area contributed by atoms with E-state index in [1.807, 2.05) is 59.2 Å². The molecule has 1 aliphatic rings. The molecule has 9 heteroatoms. The number of nitrogens with one attached hydrogen (secondary N) is 2. The van der Waals surface area contributed by atoms with Gasteiger partial charge >= 0.3 is 18.0 Å². The van der Waals surface area contributed by atoms with Gasteiger partial charge in [0.25, 0.3) is 5.91 Å². The highest BCUT2D eigenvalue weighted by molar-refractivity contribution is 5.89. The van der Waals surface area contributed by atoms with Crippen molar-refractivity contribution in [2.45, 2.75) is 38.7 Å². The summed E-state index contributed by atoms with van der Waals surface area (Å²) in [5, 5.41) is 12.9. The topological polar surface area (TPSA) is 105 Å². The summed E-state index contributed by atoms with van der Waals surface area (Å²) < 4.78 is 33.7. The predicted molar refractivity (Wildman–Crippen MR) is 117 cm³/mol. The Labute approximate surface area is 190 Å². The van der Waals surface area contributed by atoms with Gasteiger partial charge in [0.15, 0.2) is 0 Å². The lowest BCUT2D eigenvalue weighted by Crippen LogP contribution is -2.56. The molecule has 1 aliphatic carbocycles. The lowest BCUT2D eigenvalue weighted by molar-refractivity contribution is -0.153. The van der Waals surface area contributed by atoms with E-state index in [1.54, 1.807) is 0 Å². The number of hydrogen-bond donors (Lipinski definition) is 3. The van der Waals surface area contributed by atoms with E-state index >= 15 is 0 Å². The van der Waals surface area contributed by atoms with Crippen LogP contribution in [0.2, 0.25) is 0 Å². The smallest absolute Gasteiger partial charge is 0.407 e. The quantitative estimate of drug-likeness (QED) is 0.583.